The Hall–Kier alpha value is -0.560. The van der Waals surface area contributed by atoms with Crippen LogP contribution in [0.4, 0.5) is 5.82 Å². The lowest BCUT2D eigenvalue weighted by Gasteiger charge is -2.29. The highest BCUT2D eigenvalue weighted by Crippen LogP contribution is 2.26. The van der Waals surface area contributed by atoms with Gasteiger partial charge in [-0.3, -0.25) is 4.68 Å². The summed E-state index contributed by atoms with van der Waals surface area (Å²) >= 11 is 3.46. The van der Waals surface area contributed by atoms with Gasteiger partial charge in [-0.25, -0.2) is 8.42 Å². The van der Waals surface area contributed by atoms with Gasteiger partial charge in [0.25, 0.3) is 0 Å². The van der Waals surface area contributed by atoms with Crippen LogP contribution >= 0.6 is 15.9 Å². The van der Waals surface area contributed by atoms with Crippen molar-refractivity contribution in [2.24, 2.45) is 7.05 Å². The van der Waals surface area contributed by atoms with Crippen LogP contribution in [0.25, 0.3) is 0 Å². The third-order valence-corrected chi connectivity index (χ3v) is 5.26. The van der Waals surface area contributed by atoms with E-state index in [-0.39, 0.29) is 11.5 Å². The second kappa shape index (κ2) is 4.61. The molecule has 0 N–H and O–H groups in total. The van der Waals surface area contributed by atoms with E-state index >= 15 is 0 Å². The minimum Gasteiger partial charge on any atom is -0.355 e. The molecule has 0 bridgehead atoms. The Morgan fingerprint density at radius 1 is 1.35 bits per heavy atom. The number of rotatable bonds is 2. The van der Waals surface area contributed by atoms with E-state index < -0.39 is 9.84 Å². The van der Waals surface area contributed by atoms with Crippen molar-refractivity contribution in [3.05, 3.63) is 11.3 Å². The molecule has 1 aliphatic heterocycles. The third kappa shape index (κ3) is 2.49. The van der Waals surface area contributed by atoms with Crippen molar-refractivity contribution in [3.8, 4) is 0 Å². The molecule has 5 nitrogen and oxygen atoms in total. The maximum Gasteiger partial charge on any atom is 0.153 e. The maximum atomic E-state index is 11.4. The van der Waals surface area contributed by atoms with Crippen LogP contribution in [0.2, 0.25) is 0 Å². The van der Waals surface area contributed by atoms with E-state index in [0.29, 0.717) is 13.1 Å². The lowest BCUT2D eigenvalue weighted by molar-refractivity contribution is 0.584. The topological polar surface area (TPSA) is 55.2 Å². The van der Waals surface area contributed by atoms with E-state index in [9.17, 15) is 8.42 Å². The fourth-order valence-corrected chi connectivity index (χ4v) is 4.02. The molecule has 0 aromatic carbocycles. The number of aryl methyl sites for hydroxylation is 2. The first-order valence-electron chi connectivity index (χ1n) is 5.48. The summed E-state index contributed by atoms with van der Waals surface area (Å²) in [7, 11) is -0.932. The van der Waals surface area contributed by atoms with Crippen molar-refractivity contribution >= 4 is 31.6 Å². The van der Waals surface area contributed by atoms with E-state index in [2.05, 4.69) is 25.9 Å². The Bertz CT molecular complexity index is 510. The van der Waals surface area contributed by atoms with Gasteiger partial charge in [0.2, 0.25) is 0 Å². The summed E-state index contributed by atoms with van der Waals surface area (Å²) in [6.45, 7) is 3.09. The molecule has 96 valence electrons. The van der Waals surface area contributed by atoms with Gasteiger partial charge in [-0.1, -0.05) is 15.9 Å². The van der Waals surface area contributed by atoms with Gasteiger partial charge in [0.05, 0.1) is 17.2 Å². The highest BCUT2D eigenvalue weighted by Gasteiger charge is 2.26. The van der Waals surface area contributed by atoms with E-state index in [1.165, 1.54) is 0 Å². The molecule has 0 atom stereocenters. The average Bonchev–Trinajstić information content (AvgIpc) is 2.53. The molecule has 1 aromatic heterocycles. The number of halogens is 1. The lowest BCUT2D eigenvalue weighted by atomic mass is 10.2. The van der Waals surface area contributed by atoms with Crippen LogP contribution in [0.3, 0.4) is 0 Å². The quantitative estimate of drug-likeness (QED) is 0.758. The number of nitrogens with zero attached hydrogens (tertiary/aromatic N) is 3. The van der Waals surface area contributed by atoms with Crippen molar-refractivity contribution in [1.82, 2.24) is 9.78 Å². The van der Waals surface area contributed by atoms with Crippen LogP contribution in [0.5, 0.6) is 0 Å². The summed E-state index contributed by atoms with van der Waals surface area (Å²) in [6, 6.07) is 0. The molecular formula is C10H16BrN3O2S. The zero-order valence-electron chi connectivity index (χ0n) is 9.98. The Morgan fingerprint density at radius 2 is 1.94 bits per heavy atom. The van der Waals surface area contributed by atoms with Gasteiger partial charge in [-0.05, 0) is 6.92 Å². The van der Waals surface area contributed by atoms with Crippen molar-refractivity contribution < 1.29 is 8.42 Å². The lowest BCUT2D eigenvalue weighted by Crippen LogP contribution is -2.41. The molecule has 0 spiro atoms. The molecule has 0 aliphatic carbocycles. The molecule has 2 heterocycles. The van der Waals surface area contributed by atoms with Crippen LogP contribution in [0.1, 0.15) is 11.3 Å². The Labute approximate surface area is 110 Å². The minimum atomic E-state index is -2.83. The van der Waals surface area contributed by atoms with Crippen LogP contribution in [0, 0.1) is 6.92 Å². The third-order valence-electron chi connectivity index (χ3n) is 3.09. The summed E-state index contributed by atoms with van der Waals surface area (Å²) in [5, 5.41) is 5.13. The SMILES string of the molecule is Cc1nn(C)c(N2CCS(=O)(=O)CC2)c1CBr. The predicted octanol–water partition coefficient (Wildman–Crippen LogP) is 0.858. The van der Waals surface area contributed by atoms with Crippen LogP contribution < -0.4 is 4.90 Å². The van der Waals surface area contributed by atoms with Gasteiger partial charge in [0.15, 0.2) is 9.84 Å². The molecule has 1 fully saturated rings. The fraction of sp³-hybridized carbons (Fsp3) is 0.700. The molecular weight excluding hydrogens is 306 g/mol. The number of aromatic nitrogens is 2. The largest absolute Gasteiger partial charge is 0.355 e. The number of anilines is 1. The molecule has 1 aliphatic rings. The predicted molar refractivity (Wildman–Crippen MR) is 71.4 cm³/mol. The molecule has 0 saturated carbocycles. The van der Waals surface area contributed by atoms with Gasteiger partial charge in [-0.15, -0.1) is 0 Å². The van der Waals surface area contributed by atoms with Crippen molar-refractivity contribution in [2.45, 2.75) is 12.3 Å². The van der Waals surface area contributed by atoms with Gasteiger partial charge in [0, 0.05) is 31.0 Å². The summed E-state index contributed by atoms with van der Waals surface area (Å²) in [4.78, 5) is 2.11. The average molecular weight is 322 g/mol. The first-order valence-corrected chi connectivity index (χ1v) is 8.42. The second-order valence-electron chi connectivity index (χ2n) is 4.28. The Kier molecular flexibility index (Phi) is 3.49. The van der Waals surface area contributed by atoms with Gasteiger partial charge in [-0.2, -0.15) is 5.10 Å². The van der Waals surface area contributed by atoms with Crippen LogP contribution in [-0.4, -0.2) is 42.8 Å². The Balaban J connectivity index is 2.30. The van der Waals surface area contributed by atoms with E-state index in [4.69, 9.17) is 0 Å². The summed E-state index contributed by atoms with van der Waals surface area (Å²) < 4.78 is 24.7. The molecule has 0 amide bonds. The summed E-state index contributed by atoms with van der Waals surface area (Å²) in [5.74, 6) is 1.51. The van der Waals surface area contributed by atoms with E-state index in [0.717, 1.165) is 22.4 Å². The van der Waals surface area contributed by atoms with Crippen LogP contribution in [0.15, 0.2) is 0 Å². The monoisotopic (exact) mass is 321 g/mol. The highest BCUT2D eigenvalue weighted by atomic mass is 79.9. The molecule has 7 heteroatoms. The number of alkyl halides is 1. The normalized spacial score (nSPS) is 19.6. The molecule has 2 rings (SSSR count). The van der Waals surface area contributed by atoms with Gasteiger partial charge < -0.3 is 4.90 Å². The number of sulfone groups is 1. The van der Waals surface area contributed by atoms with Gasteiger partial charge >= 0.3 is 0 Å². The minimum absolute atomic E-state index is 0.235. The van der Waals surface area contributed by atoms with Crippen molar-refractivity contribution in [3.63, 3.8) is 0 Å². The molecule has 17 heavy (non-hydrogen) atoms. The molecule has 1 aromatic rings. The maximum absolute atomic E-state index is 11.4. The van der Waals surface area contributed by atoms with Crippen molar-refractivity contribution in [2.75, 3.05) is 29.5 Å². The zero-order chi connectivity index (χ0) is 12.6. The van der Waals surface area contributed by atoms with Crippen molar-refractivity contribution in [1.29, 1.82) is 0 Å². The van der Waals surface area contributed by atoms with E-state index in [1.807, 2.05) is 18.7 Å². The fourth-order valence-electron chi connectivity index (χ4n) is 2.17. The first-order chi connectivity index (χ1) is 7.94. The van der Waals surface area contributed by atoms with Crippen LogP contribution in [-0.2, 0) is 22.2 Å². The molecule has 1 saturated heterocycles. The molecule has 0 unspecified atom stereocenters. The number of hydrogen-bond acceptors (Lipinski definition) is 4. The number of hydrogen-bond donors (Lipinski definition) is 0. The second-order valence-corrected chi connectivity index (χ2v) is 7.15. The van der Waals surface area contributed by atoms with Gasteiger partial charge in [0.1, 0.15) is 5.82 Å². The highest BCUT2D eigenvalue weighted by molar-refractivity contribution is 9.08. The first kappa shape index (κ1) is 12.9. The standard InChI is InChI=1S/C10H16BrN3O2S/c1-8-9(7-11)10(13(2)12-8)14-3-5-17(15,16)6-4-14/h3-7H2,1-2H3. The molecule has 0 radical (unpaired) electrons. The van der Waals surface area contributed by atoms with E-state index in [1.54, 1.807) is 0 Å². The zero-order valence-corrected chi connectivity index (χ0v) is 12.4. The summed E-state index contributed by atoms with van der Waals surface area (Å²) in [6.07, 6.45) is 0. The Morgan fingerprint density at radius 3 is 2.47 bits per heavy atom. The smallest absolute Gasteiger partial charge is 0.153 e. The summed E-state index contributed by atoms with van der Waals surface area (Å²) in [5.41, 5.74) is 2.14.